The van der Waals surface area contributed by atoms with Crippen LogP contribution in [0.25, 0.3) is 0 Å². The van der Waals surface area contributed by atoms with Crippen LogP contribution < -0.4 is 4.90 Å². The molecule has 1 aliphatic rings. The van der Waals surface area contributed by atoms with Gasteiger partial charge in [0, 0.05) is 38.9 Å². The fraction of sp³-hybridized carbons (Fsp3) is 0.643. The Morgan fingerprint density at radius 2 is 1.88 bits per heavy atom. The fourth-order valence-electron chi connectivity index (χ4n) is 2.38. The Morgan fingerprint density at radius 1 is 1.18 bits per heavy atom. The lowest BCUT2D eigenvalue weighted by Crippen LogP contribution is -2.48. The Balaban J connectivity index is 1.86. The molecule has 0 aromatic carbocycles. The van der Waals surface area contributed by atoms with Crippen LogP contribution in [0.1, 0.15) is 20.8 Å². The quantitative estimate of drug-likeness (QED) is 0.781. The molecule has 0 bridgehead atoms. The Bertz CT molecular complexity index is 334. The van der Waals surface area contributed by atoms with E-state index < -0.39 is 0 Å². The van der Waals surface area contributed by atoms with Gasteiger partial charge >= 0.3 is 0 Å². The first-order valence-electron chi connectivity index (χ1n) is 6.42. The zero-order valence-corrected chi connectivity index (χ0v) is 11.2. The van der Waals surface area contributed by atoms with Crippen LogP contribution in [0.2, 0.25) is 0 Å². The van der Waals surface area contributed by atoms with Crippen molar-refractivity contribution in [3.63, 3.8) is 0 Å². The fourth-order valence-corrected chi connectivity index (χ4v) is 2.38. The SMILES string of the molecule is CC(C)(C)CN1CCN(c2cccnc2)CC1. The molecule has 0 saturated carbocycles. The standard InChI is InChI=1S/C14H23N3/c1-14(2,3)12-16-7-9-17(10-8-16)13-5-4-6-15-11-13/h4-6,11H,7-10,12H2,1-3H3. The van der Waals surface area contributed by atoms with Crippen LogP contribution in [0.15, 0.2) is 24.5 Å². The van der Waals surface area contributed by atoms with E-state index in [1.807, 2.05) is 18.5 Å². The Kier molecular flexibility index (Phi) is 3.67. The first-order chi connectivity index (χ1) is 8.04. The molecule has 0 unspecified atom stereocenters. The van der Waals surface area contributed by atoms with Gasteiger partial charge in [-0.1, -0.05) is 20.8 Å². The van der Waals surface area contributed by atoms with Gasteiger partial charge in [-0.25, -0.2) is 0 Å². The first kappa shape index (κ1) is 12.4. The van der Waals surface area contributed by atoms with Crippen LogP contribution in [0.3, 0.4) is 0 Å². The van der Waals surface area contributed by atoms with Crippen LogP contribution >= 0.6 is 0 Å². The van der Waals surface area contributed by atoms with E-state index in [0.29, 0.717) is 5.41 Å². The van der Waals surface area contributed by atoms with Crippen molar-refractivity contribution in [3.05, 3.63) is 24.5 Å². The zero-order valence-electron chi connectivity index (χ0n) is 11.2. The van der Waals surface area contributed by atoms with Crippen molar-refractivity contribution in [3.8, 4) is 0 Å². The number of anilines is 1. The lowest BCUT2D eigenvalue weighted by molar-refractivity contribution is 0.182. The van der Waals surface area contributed by atoms with E-state index in [9.17, 15) is 0 Å². The number of hydrogen-bond acceptors (Lipinski definition) is 3. The van der Waals surface area contributed by atoms with Crippen LogP contribution in [0.5, 0.6) is 0 Å². The largest absolute Gasteiger partial charge is 0.368 e. The van der Waals surface area contributed by atoms with Crippen molar-refractivity contribution in [2.24, 2.45) is 5.41 Å². The summed E-state index contributed by atoms with van der Waals surface area (Å²) < 4.78 is 0. The minimum Gasteiger partial charge on any atom is -0.368 e. The third-order valence-corrected chi connectivity index (χ3v) is 3.08. The molecule has 0 atom stereocenters. The first-order valence-corrected chi connectivity index (χ1v) is 6.42. The molecule has 0 N–H and O–H groups in total. The van der Waals surface area contributed by atoms with Crippen LogP contribution in [0.4, 0.5) is 5.69 Å². The van der Waals surface area contributed by atoms with Crippen molar-refractivity contribution in [1.82, 2.24) is 9.88 Å². The summed E-state index contributed by atoms with van der Waals surface area (Å²) in [5.74, 6) is 0. The summed E-state index contributed by atoms with van der Waals surface area (Å²) in [6, 6.07) is 4.16. The number of aromatic nitrogens is 1. The summed E-state index contributed by atoms with van der Waals surface area (Å²) in [5, 5.41) is 0. The normalized spacial score (nSPS) is 18.4. The summed E-state index contributed by atoms with van der Waals surface area (Å²) >= 11 is 0. The van der Waals surface area contributed by atoms with Gasteiger partial charge in [0.05, 0.1) is 11.9 Å². The maximum Gasteiger partial charge on any atom is 0.0553 e. The molecule has 0 spiro atoms. The smallest absolute Gasteiger partial charge is 0.0553 e. The molecule has 1 fully saturated rings. The summed E-state index contributed by atoms with van der Waals surface area (Å²) in [4.78, 5) is 9.17. The van der Waals surface area contributed by atoms with Crippen molar-refractivity contribution < 1.29 is 0 Å². The molecule has 17 heavy (non-hydrogen) atoms. The second kappa shape index (κ2) is 5.05. The molecule has 1 aromatic heterocycles. The van der Waals surface area contributed by atoms with Gasteiger partial charge in [0.15, 0.2) is 0 Å². The van der Waals surface area contributed by atoms with E-state index in [1.165, 1.54) is 12.2 Å². The second-order valence-electron chi connectivity index (χ2n) is 6.04. The molecule has 0 radical (unpaired) electrons. The predicted molar refractivity (Wildman–Crippen MR) is 72.3 cm³/mol. The molecule has 0 aliphatic carbocycles. The average molecular weight is 233 g/mol. The van der Waals surface area contributed by atoms with E-state index >= 15 is 0 Å². The minimum absolute atomic E-state index is 0.399. The average Bonchev–Trinajstić information content (AvgIpc) is 2.29. The Labute approximate surface area is 104 Å². The Hall–Kier alpha value is -1.09. The van der Waals surface area contributed by atoms with Crippen molar-refractivity contribution in [2.75, 3.05) is 37.6 Å². The monoisotopic (exact) mass is 233 g/mol. The second-order valence-corrected chi connectivity index (χ2v) is 6.04. The topological polar surface area (TPSA) is 19.4 Å². The molecular formula is C14H23N3. The maximum absolute atomic E-state index is 4.18. The zero-order chi connectivity index (χ0) is 12.3. The van der Waals surface area contributed by atoms with Gasteiger partial charge in [0.2, 0.25) is 0 Å². The van der Waals surface area contributed by atoms with Gasteiger partial charge in [-0.2, -0.15) is 0 Å². The van der Waals surface area contributed by atoms with Crippen molar-refractivity contribution in [2.45, 2.75) is 20.8 Å². The number of nitrogens with zero attached hydrogens (tertiary/aromatic N) is 3. The van der Waals surface area contributed by atoms with E-state index in [-0.39, 0.29) is 0 Å². The highest BCUT2D eigenvalue weighted by molar-refractivity contribution is 5.43. The highest BCUT2D eigenvalue weighted by Crippen LogP contribution is 2.19. The van der Waals surface area contributed by atoms with Gasteiger partial charge in [0.25, 0.3) is 0 Å². The summed E-state index contributed by atoms with van der Waals surface area (Å²) in [5.41, 5.74) is 1.65. The van der Waals surface area contributed by atoms with Crippen LogP contribution in [-0.4, -0.2) is 42.6 Å². The number of hydrogen-bond donors (Lipinski definition) is 0. The van der Waals surface area contributed by atoms with Gasteiger partial charge in [-0.05, 0) is 17.5 Å². The molecular weight excluding hydrogens is 210 g/mol. The molecule has 3 heteroatoms. The minimum atomic E-state index is 0.399. The molecule has 1 aliphatic heterocycles. The molecule has 2 rings (SSSR count). The van der Waals surface area contributed by atoms with Gasteiger partial charge in [-0.15, -0.1) is 0 Å². The van der Waals surface area contributed by atoms with Gasteiger partial charge in [-0.3, -0.25) is 9.88 Å². The van der Waals surface area contributed by atoms with E-state index in [1.54, 1.807) is 0 Å². The molecule has 1 aromatic rings. The number of piperazine rings is 1. The lowest BCUT2D eigenvalue weighted by Gasteiger charge is -2.38. The Morgan fingerprint density at radius 3 is 2.41 bits per heavy atom. The predicted octanol–water partition coefficient (Wildman–Crippen LogP) is 2.25. The van der Waals surface area contributed by atoms with E-state index in [4.69, 9.17) is 0 Å². The van der Waals surface area contributed by atoms with Crippen LogP contribution in [0, 0.1) is 5.41 Å². The van der Waals surface area contributed by atoms with Gasteiger partial charge < -0.3 is 4.90 Å². The third-order valence-electron chi connectivity index (χ3n) is 3.08. The summed E-state index contributed by atoms with van der Waals surface area (Å²) in [6.07, 6.45) is 3.79. The molecule has 0 amide bonds. The lowest BCUT2D eigenvalue weighted by atomic mass is 9.96. The van der Waals surface area contributed by atoms with E-state index in [0.717, 1.165) is 26.2 Å². The maximum atomic E-state index is 4.18. The number of rotatable bonds is 2. The van der Waals surface area contributed by atoms with Crippen molar-refractivity contribution in [1.29, 1.82) is 0 Å². The molecule has 3 nitrogen and oxygen atoms in total. The highest BCUT2D eigenvalue weighted by Gasteiger charge is 2.21. The molecule has 2 heterocycles. The number of pyridine rings is 1. The summed E-state index contributed by atoms with van der Waals surface area (Å²) in [7, 11) is 0. The van der Waals surface area contributed by atoms with Gasteiger partial charge in [0.1, 0.15) is 0 Å². The molecule has 94 valence electrons. The molecule has 1 saturated heterocycles. The van der Waals surface area contributed by atoms with E-state index in [2.05, 4.69) is 41.6 Å². The van der Waals surface area contributed by atoms with Crippen LogP contribution in [-0.2, 0) is 0 Å². The summed E-state index contributed by atoms with van der Waals surface area (Å²) in [6.45, 7) is 12.7. The third kappa shape index (κ3) is 3.70. The van der Waals surface area contributed by atoms with Crippen molar-refractivity contribution >= 4 is 5.69 Å². The highest BCUT2D eigenvalue weighted by atomic mass is 15.3.